The van der Waals surface area contributed by atoms with Gasteiger partial charge in [-0.25, -0.2) is 4.98 Å². The highest BCUT2D eigenvalue weighted by molar-refractivity contribution is 7.13. The Hall–Kier alpha value is -1.47. The average Bonchev–Trinajstić information content (AvgIpc) is 3.03. The van der Waals surface area contributed by atoms with Crippen LogP contribution in [0.25, 0.3) is 0 Å². The molecule has 2 N–H and O–H groups in total. The van der Waals surface area contributed by atoms with Crippen molar-refractivity contribution in [2.75, 3.05) is 11.9 Å². The maximum atomic E-state index is 12.2. The van der Waals surface area contributed by atoms with Gasteiger partial charge in [0, 0.05) is 11.4 Å². The van der Waals surface area contributed by atoms with Gasteiger partial charge in [0.25, 0.3) is 0 Å². The second kappa shape index (κ2) is 6.34. The lowest BCUT2D eigenvalue weighted by atomic mass is 9.85. The van der Waals surface area contributed by atoms with Gasteiger partial charge >= 0.3 is 5.97 Å². The van der Waals surface area contributed by atoms with Crippen LogP contribution >= 0.6 is 11.3 Å². The standard InChI is InChI=1S/C15H21N3O3S/c1-9-8-22-15(16-9)17-13(19)7-18-11-5-3-2-4-10(11)6-12(18)14(20)21/h8,10-12H,2-7H2,1H3,(H,20,21)(H,16,17,19). The number of hydrogen-bond acceptors (Lipinski definition) is 5. The van der Waals surface area contributed by atoms with Crippen LogP contribution < -0.4 is 5.32 Å². The molecule has 1 amide bonds. The highest BCUT2D eigenvalue weighted by atomic mass is 32.1. The predicted molar refractivity (Wildman–Crippen MR) is 84.0 cm³/mol. The fraction of sp³-hybridized carbons (Fsp3) is 0.667. The van der Waals surface area contributed by atoms with E-state index in [2.05, 4.69) is 10.3 Å². The van der Waals surface area contributed by atoms with Crippen LogP contribution in [0.3, 0.4) is 0 Å². The van der Waals surface area contributed by atoms with Crippen LogP contribution in [0.15, 0.2) is 5.38 Å². The molecule has 1 saturated carbocycles. The molecule has 0 radical (unpaired) electrons. The van der Waals surface area contributed by atoms with E-state index in [1.165, 1.54) is 17.8 Å². The summed E-state index contributed by atoms with van der Waals surface area (Å²) in [5, 5.41) is 14.7. The fourth-order valence-electron chi connectivity index (χ4n) is 3.76. The summed E-state index contributed by atoms with van der Waals surface area (Å²) in [5.74, 6) is -0.566. The van der Waals surface area contributed by atoms with Crippen LogP contribution in [-0.2, 0) is 9.59 Å². The molecule has 3 unspecified atom stereocenters. The van der Waals surface area contributed by atoms with Crippen LogP contribution in [0.4, 0.5) is 5.13 Å². The van der Waals surface area contributed by atoms with Gasteiger partial charge in [-0.2, -0.15) is 0 Å². The van der Waals surface area contributed by atoms with Crippen LogP contribution in [-0.4, -0.2) is 45.5 Å². The maximum absolute atomic E-state index is 12.2. The van der Waals surface area contributed by atoms with E-state index in [4.69, 9.17) is 0 Å². The summed E-state index contributed by atoms with van der Waals surface area (Å²) in [4.78, 5) is 29.9. The van der Waals surface area contributed by atoms with Gasteiger partial charge in [0.1, 0.15) is 6.04 Å². The number of aliphatic carboxylic acids is 1. The zero-order valence-electron chi connectivity index (χ0n) is 12.6. The lowest BCUT2D eigenvalue weighted by Gasteiger charge is -2.32. The number of carboxylic acids is 1. The third-order valence-corrected chi connectivity index (χ3v) is 5.57. The molecule has 2 heterocycles. The average molecular weight is 323 g/mol. The Morgan fingerprint density at radius 2 is 2.23 bits per heavy atom. The Bertz CT molecular complexity index is 574. The highest BCUT2D eigenvalue weighted by Crippen LogP contribution is 2.39. The first-order chi connectivity index (χ1) is 10.5. The first-order valence-electron chi connectivity index (χ1n) is 7.75. The number of anilines is 1. The van der Waals surface area contributed by atoms with E-state index in [1.807, 2.05) is 17.2 Å². The zero-order chi connectivity index (χ0) is 15.7. The fourth-order valence-corrected chi connectivity index (χ4v) is 4.46. The van der Waals surface area contributed by atoms with Crippen LogP contribution in [0.1, 0.15) is 37.8 Å². The van der Waals surface area contributed by atoms with Gasteiger partial charge in [0.05, 0.1) is 12.2 Å². The number of fused-ring (bicyclic) bond motifs is 1. The smallest absolute Gasteiger partial charge is 0.320 e. The number of likely N-dealkylation sites (tertiary alicyclic amines) is 1. The molecule has 2 fully saturated rings. The Morgan fingerprint density at radius 3 is 2.91 bits per heavy atom. The molecule has 7 heteroatoms. The Balaban J connectivity index is 1.67. The molecule has 1 aliphatic carbocycles. The molecular formula is C15H21N3O3S. The van der Waals surface area contributed by atoms with Crippen molar-refractivity contribution in [3.05, 3.63) is 11.1 Å². The molecule has 1 aromatic rings. The van der Waals surface area contributed by atoms with Gasteiger partial charge < -0.3 is 10.4 Å². The van der Waals surface area contributed by atoms with Gasteiger partial charge in [-0.3, -0.25) is 14.5 Å². The molecule has 3 rings (SSSR count). The first kappa shape index (κ1) is 15.4. The molecule has 0 bridgehead atoms. The third-order valence-electron chi connectivity index (χ3n) is 4.70. The van der Waals surface area contributed by atoms with E-state index in [0.717, 1.165) is 25.0 Å². The summed E-state index contributed by atoms with van der Waals surface area (Å²) < 4.78 is 0. The molecule has 22 heavy (non-hydrogen) atoms. The van der Waals surface area contributed by atoms with Crippen molar-refractivity contribution in [2.45, 2.75) is 51.1 Å². The Morgan fingerprint density at radius 1 is 1.45 bits per heavy atom. The lowest BCUT2D eigenvalue weighted by Crippen LogP contribution is -2.46. The number of aryl methyl sites for hydroxylation is 1. The summed E-state index contributed by atoms with van der Waals surface area (Å²) in [7, 11) is 0. The Labute approximate surface area is 133 Å². The molecule has 1 aromatic heterocycles. The van der Waals surface area contributed by atoms with Crippen molar-refractivity contribution in [3.8, 4) is 0 Å². The predicted octanol–water partition coefficient (Wildman–Crippen LogP) is 2.11. The largest absolute Gasteiger partial charge is 0.480 e. The molecule has 3 atom stereocenters. The molecule has 0 aromatic carbocycles. The minimum absolute atomic E-state index is 0.136. The third kappa shape index (κ3) is 3.15. The maximum Gasteiger partial charge on any atom is 0.320 e. The van der Waals surface area contributed by atoms with Crippen LogP contribution in [0, 0.1) is 12.8 Å². The number of carboxylic acid groups (broad SMARTS) is 1. The van der Waals surface area contributed by atoms with Gasteiger partial charge in [0.15, 0.2) is 5.13 Å². The molecule has 2 aliphatic rings. The SMILES string of the molecule is Cc1csc(NC(=O)CN2C(C(=O)O)CC3CCCCC32)n1. The summed E-state index contributed by atoms with van der Waals surface area (Å²) in [6.07, 6.45) is 5.04. The number of nitrogens with zero attached hydrogens (tertiary/aromatic N) is 2. The summed E-state index contributed by atoms with van der Waals surface area (Å²) in [5.41, 5.74) is 0.872. The van der Waals surface area contributed by atoms with Crippen molar-refractivity contribution in [1.29, 1.82) is 0 Å². The molecular weight excluding hydrogens is 302 g/mol. The molecule has 0 spiro atoms. The zero-order valence-corrected chi connectivity index (χ0v) is 13.4. The van der Waals surface area contributed by atoms with E-state index in [1.54, 1.807) is 0 Å². The van der Waals surface area contributed by atoms with Gasteiger partial charge in [-0.1, -0.05) is 12.8 Å². The highest BCUT2D eigenvalue weighted by Gasteiger charge is 2.45. The number of nitrogens with one attached hydrogen (secondary N) is 1. The van der Waals surface area contributed by atoms with E-state index in [9.17, 15) is 14.7 Å². The van der Waals surface area contributed by atoms with E-state index < -0.39 is 12.0 Å². The van der Waals surface area contributed by atoms with Crippen molar-refractivity contribution >= 4 is 28.3 Å². The van der Waals surface area contributed by atoms with Gasteiger partial charge in [0.2, 0.25) is 5.91 Å². The van der Waals surface area contributed by atoms with Crippen molar-refractivity contribution in [2.24, 2.45) is 5.92 Å². The number of carbonyl (C=O) groups excluding carboxylic acids is 1. The summed E-state index contributed by atoms with van der Waals surface area (Å²) in [6.45, 7) is 2.01. The van der Waals surface area contributed by atoms with Gasteiger partial charge in [-0.15, -0.1) is 11.3 Å². The molecule has 1 saturated heterocycles. The topological polar surface area (TPSA) is 82.5 Å². The van der Waals surface area contributed by atoms with Crippen LogP contribution in [0.2, 0.25) is 0 Å². The second-order valence-corrected chi connectivity index (χ2v) is 7.07. The number of rotatable bonds is 4. The Kier molecular flexibility index (Phi) is 4.44. The summed E-state index contributed by atoms with van der Waals surface area (Å²) >= 11 is 1.39. The number of thiazole rings is 1. The minimum Gasteiger partial charge on any atom is -0.480 e. The minimum atomic E-state index is -0.813. The number of hydrogen-bond donors (Lipinski definition) is 2. The number of carbonyl (C=O) groups is 2. The molecule has 120 valence electrons. The monoisotopic (exact) mass is 323 g/mol. The lowest BCUT2D eigenvalue weighted by molar-refractivity contribution is -0.143. The number of aromatic nitrogens is 1. The van der Waals surface area contributed by atoms with E-state index >= 15 is 0 Å². The van der Waals surface area contributed by atoms with Crippen molar-refractivity contribution in [1.82, 2.24) is 9.88 Å². The van der Waals surface area contributed by atoms with E-state index in [-0.39, 0.29) is 18.5 Å². The molecule has 1 aliphatic heterocycles. The first-order valence-corrected chi connectivity index (χ1v) is 8.63. The van der Waals surface area contributed by atoms with E-state index in [0.29, 0.717) is 17.5 Å². The van der Waals surface area contributed by atoms with Crippen molar-refractivity contribution < 1.29 is 14.7 Å². The summed E-state index contributed by atoms with van der Waals surface area (Å²) in [6, 6.07) is -0.296. The molecule has 6 nitrogen and oxygen atoms in total. The van der Waals surface area contributed by atoms with Gasteiger partial charge in [-0.05, 0) is 32.1 Å². The normalized spacial score (nSPS) is 28.3. The number of amides is 1. The van der Waals surface area contributed by atoms with Crippen LogP contribution in [0.5, 0.6) is 0 Å². The second-order valence-electron chi connectivity index (χ2n) is 6.22. The quantitative estimate of drug-likeness (QED) is 0.887. The van der Waals surface area contributed by atoms with Crippen molar-refractivity contribution in [3.63, 3.8) is 0 Å².